The Kier molecular flexibility index (Phi) is 5.42. The van der Waals surface area contributed by atoms with Crippen LogP contribution in [0, 0.1) is 5.92 Å². The maximum atomic E-state index is 11.7. The standard InChI is InChI=1S/C12H19N3O2/c1-9(7-13-2)12(16)15-8-10-4-5-14-11(6-10)17-3/h4-6,9,13H,7-8H2,1-3H3,(H,15,16). The van der Waals surface area contributed by atoms with Crippen molar-refractivity contribution < 1.29 is 9.53 Å². The molecule has 94 valence electrons. The Hall–Kier alpha value is -1.62. The molecule has 0 spiro atoms. The summed E-state index contributed by atoms with van der Waals surface area (Å²) in [7, 11) is 3.40. The van der Waals surface area contributed by atoms with Crippen LogP contribution in [-0.2, 0) is 11.3 Å². The number of carbonyl (C=O) groups excluding carboxylic acids is 1. The number of hydrogen-bond acceptors (Lipinski definition) is 4. The summed E-state index contributed by atoms with van der Waals surface area (Å²) < 4.78 is 5.01. The number of methoxy groups -OCH3 is 1. The van der Waals surface area contributed by atoms with Gasteiger partial charge in [-0.3, -0.25) is 4.79 Å². The molecule has 0 bridgehead atoms. The van der Waals surface area contributed by atoms with Gasteiger partial charge < -0.3 is 15.4 Å². The maximum absolute atomic E-state index is 11.7. The third-order valence-corrected chi connectivity index (χ3v) is 2.43. The number of amides is 1. The zero-order valence-electron chi connectivity index (χ0n) is 10.5. The second kappa shape index (κ2) is 6.85. The van der Waals surface area contributed by atoms with Gasteiger partial charge in [-0.1, -0.05) is 6.92 Å². The van der Waals surface area contributed by atoms with Crippen molar-refractivity contribution in [3.8, 4) is 5.88 Å². The Morgan fingerprint density at radius 1 is 1.59 bits per heavy atom. The van der Waals surface area contributed by atoms with Crippen LogP contribution in [0.1, 0.15) is 12.5 Å². The van der Waals surface area contributed by atoms with Gasteiger partial charge in [-0.2, -0.15) is 0 Å². The quantitative estimate of drug-likeness (QED) is 0.759. The highest BCUT2D eigenvalue weighted by Crippen LogP contribution is 2.08. The molecule has 0 saturated carbocycles. The highest BCUT2D eigenvalue weighted by atomic mass is 16.5. The van der Waals surface area contributed by atoms with Gasteiger partial charge in [0.25, 0.3) is 0 Å². The Balaban J connectivity index is 2.46. The van der Waals surface area contributed by atoms with Gasteiger partial charge in [-0.05, 0) is 18.7 Å². The summed E-state index contributed by atoms with van der Waals surface area (Å²) in [5, 5.41) is 5.85. The smallest absolute Gasteiger partial charge is 0.224 e. The highest BCUT2D eigenvalue weighted by molar-refractivity contribution is 5.78. The molecule has 5 nitrogen and oxygen atoms in total. The van der Waals surface area contributed by atoms with Crippen molar-refractivity contribution in [2.75, 3.05) is 20.7 Å². The number of ether oxygens (including phenoxy) is 1. The number of rotatable bonds is 6. The number of carbonyl (C=O) groups is 1. The normalized spacial score (nSPS) is 11.9. The molecule has 1 amide bonds. The minimum absolute atomic E-state index is 0.0372. The van der Waals surface area contributed by atoms with Crippen LogP contribution >= 0.6 is 0 Å². The zero-order chi connectivity index (χ0) is 12.7. The molecular formula is C12H19N3O2. The van der Waals surface area contributed by atoms with Crippen LogP contribution in [0.4, 0.5) is 0 Å². The molecule has 5 heteroatoms. The lowest BCUT2D eigenvalue weighted by molar-refractivity contribution is -0.124. The van der Waals surface area contributed by atoms with Crippen LogP contribution in [0.2, 0.25) is 0 Å². The molecule has 0 aliphatic rings. The fourth-order valence-corrected chi connectivity index (χ4v) is 1.43. The predicted octanol–water partition coefficient (Wildman–Crippen LogP) is 0.562. The molecule has 0 aliphatic carbocycles. The van der Waals surface area contributed by atoms with E-state index in [0.29, 0.717) is 19.0 Å². The van der Waals surface area contributed by atoms with Crippen LogP contribution in [0.3, 0.4) is 0 Å². The Bertz CT molecular complexity index is 369. The summed E-state index contributed by atoms with van der Waals surface area (Å²) in [6.07, 6.45) is 1.66. The molecule has 1 heterocycles. The molecule has 0 saturated heterocycles. The van der Waals surface area contributed by atoms with E-state index in [1.807, 2.05) is 26.1 Å². The third kappa shape index (κ3) is 4.40. The van der Waals surface area contributed by atoms with E-state index in [-0.39, 0.29) is 11.8 Å². The first-order valence-corrected chi connectivity index (χ1v) is 5.58. The molecule has 1 aromatic heterocycles. The Morgan fingerprint density at radius 3 is 3.00 bits per heavy atom. The summed E-state index contributed by atoms with van der Waals surface area (Å²) in [5.41, 5.74) is 0.974. The van der Waals surface area contributed by atoms with E-state index in [0.717, 1.165) is 5.56 Å². The van der Waals surface area contributed by atoms with Crippen molar-refractivity contribution in [1.29, 1.82) is 0 Å². The van der Waals surface area contributed by atoms with Gasteiger partial charge in [0.05, 0.1) is 7.11 Å². The van der Waals surface area contributed by atoms with Gasteiger partial charge in [0.15, 0.2) is 0 Å². The van der Waals surface area contributed by atoms with Crippen LogP contribution in [-0.4, -0.2) is 31.6 Å². The number of aromatic nitrogens is 1. The van der Waals surface area contributed by atoms with E-state index in [1.165, 1.54) is 0 Å². The molecule has 1 unspecified atom stereocenters. The SMILES string of the molecule is CNCC(C)C(=O)NCc1ccnc(OC)c1. The first-order chi connectivity index (χ1) is 8.17. The van der Waals surface area contributed by atoms with E-state index in [2.05, 4.69) is 15.6 Å². The fourth-order valence-electron chi connectivity index (χ4n) is 1.43. The monoisotopic (exact) mass is 237 g/mol. The third-order valence-electron chi connectivity index (χ3n) is 2.43. The molecule has 0 aliphatic heterocycles. The molecule has 2 N–H and O–H groups in total. The minimum Gasteiger partial charge on any atom is -0.481 e. The van der Waals surface area contributed by atoms with E-state index in [1.54, 1.807) is 13.3 Å². The van der Waals surface area contributed by atoms with Gasteiger partial charge in [0.2, 0.25) is 11.8 Å². The molecule has 17 heavy (non-hydrogen) atoms. The minimum atomic E-state index is -0.0382. The van der Waals surface area contributed by atoms with Crippen LogP contribution in [0.25, 0.3) is 0 Å². The van der Waals surface area contributed by atoms with Gasteiger partial charge in [0.1, 0.15) is 0 Å². The average Bonchev–Trinajstić information content (AvgIpc) is 2.36. The zero-order valence-corrected chi connectivity index (χ0v) is 10.5. The van der Waals surface area contributed by atoms with Crippen molar-refractivity contribution in [3.63, 3.8) is 0 Å². The maximum Gasteiger partial charge on any atom is 0.224 e. The largest absolute Gasteiger partial charge is 0.481 e. The van der Waals surface area contributed by atoms with E-state index >= 15 is 0 Å². The summed E-state index contributed by atoms with van der Waals surface area (Å²) in [6, 6.07) is 3.66. The molecule has 0 fully saturated rings. The molecule has 1 rings (SSSR count). The lowest BCUT2D eigenvalue weighted by Gasteiger charge is -2.11. The van der Waals surface area contributed by atoms with Crippen LogP contribution in [0.15, 0.2) is 18.3 Å². The van der Waals surface area contributed by atoms with Gasteiger partial charge in [-0.15, -0.1) is 0 Å². The van der Waals surface area contributed by atoms with Crippen molar-refractivity contribution >= 4 is 5.91 Å². The van der Waals surface area contributed by atoms with Crippen LogP contribution in [0.5, 0.6) is 5.88 Å². The lowest BCUT2D eigenvalue weighted by atomic mass is 10.1. The first kappa shape index (κ1) is 13.4. The Morgan fingerprint density at radius 2 is 2.35 bits per heavy atom. The summed E-state index contributed by atoms with van der Waals surface area (Å²) in [4.78, 5) is 15.7. The number of pyridine rings is 1. The van der Waals surface area contributed by atoms with Gasteiger partial charge >= 0.3 is 0 Å². The molecule has 0 aromatic carbocycles. The van der Waals surface area contributed by atoms with E-state index in [9.17, 15) is 4.79 Å². The van der Waals surface area contributed by atoms with Crippen LogP contribution < -0.4 is 15.4 Å². The van der Waals surface area contributed by atoms with Crippen molar-refractivity contribution in [3.05, 3.63) is 23.9 Å². The van der Waals surface area contributed by atoms with Gasteiger partial charge in [-0.25, -0.2) is 4.98 Å². The number of nitrogens with one attached hydrogen (secondary N) is 2. The van der Waals surface area contributed by atoms with Crippen molar-refractivity contribution in [2.24, 2.45) is 5.92 Å². The number of hydrogen-bond donors (Lipinski definition) is 2. The second-order valence-corrected chi connectivity index (χ2v) is 3.88. The molecule has 1 atom stereocenters. The fraction of sp³-hybridized carbons (Fsp3) is 0.500. The summed E-state index contributed by atoms with van der Waals surface area (Å²) in [5.74, 6) is 0.555. The number of nitrogens with zero attached hydrogens (tertiary/aromatic N) is 1. The molecule has 0 radical (unpaired) electrons. The van der Waals surface area contributed by atoms with Crippen molar-refractivity contribution in [1.82, 2.24) is 15.6 Å². The van der Waals surface area contributed by atoms with Crippen molar-refractivity contribution in [2.45, 2.75) is 13.5 Å². The highest BCUT2D eigenvalue weighted by Gasteiger charge is 2.10. The Labute approximate surface area is 102 Å². The lowest BCUT2D eigenvalue weighted by Crippen LogP contribution is -2.33. The average molecular weight is 237 g/mol. The predicted molar refractivity (Wildman–Crippen MR) is 65.7 cm³/mol. The van der Waals surface area contributed by atoms with Gasteiger partial charge in [0, 0.05) is 31.3 Å². The topological polar surface area (TPSA) is 63.2 Å². The van der Waals surface area contributed by atoms with E-state index < -0.39 is 0 Å². The molecule has 1 aromatic rings. The second-order valence-electron chi connectivity index (χ2n) is 3.88. The van der Waals surface area contributed by atoms with E-state index in [4.69, 9.17) is 4.74 Å². The summed E-state index contributed by atoms with van der Waals surface area (Å²) in [6.45, 7) is 3.05. The summed E-state index contributed by atoms with van der Waals surface area (Å²) >= 11 is 0. The first-order valence-electron chi connectivity index (χ1n) is 5.58. The molecular weight excluding hydrogens is 218 g/mol.